The molecule has 0 aliphatic carbocycles. The Labute approximate surface area is 191 Å². The van der Waals surface area contributed by atoms with E-state index in [4.69, 9.17) is 17.0 Å². The van der Waals surface area contributed by atoms with Crippen molar-refractivity contribution in [3.8, 4) is 0 Å². The molecule has 8 heteroatoms. The number of aromatic nitrogens is 1. The van der Waals surface area contributed by atoms with Gasteiger partial charge in [0, 0.05) is 32.1 Å². The largest absolute Gasteiger partial charge is 0.378 e. The SMILES string of the molecule is CC(C)CCN1C(=O)C(=Cc2c(N3CCOCC3)c3ccccc3n(C)c2=O)SC1=S. The topological polar surface area (TPSA) is 54.8 Å². The van der Waals surface area contributed by atoms with Gasteiger partial charge in [0.05, 0.1) is 34.9 Å². The van der Waals surface area contributed by atoms with Gasteiger partial charge < -0.3 is 14.2 Å². The van der Waals surface area contributed by atoms with Crippen LogP contribution < -0.4 is 10.5 Å². The summed E-state index contributed by atoms with van der Waals surface area (Å²) in [6.45, 7) is 7.48. The second kappa shape index (κ2) is 9.14. The minimum absolute atomic E-state index is 0.112. The Kier molecular flexibility index (Phi) is 6.50. The Morgan fingerprint density at radius 1 is 1.19 bits per heavy atom. The zero-order valence-electron chi connectivity index (χ0n) is 18.1. The van der Waals surface area contributed by atoms with E-state index in [0.717, 1.165) is 23.0 Å². The van der Waals surface area contributed by atoms with Crippen molar-refractivity contribution < 1.29 is 9.53 Å². The van der Waals surface area contributed by atoms with Crippen molar-refractivity contribution in [3.05, 3.63) is 45.1 Å². The van der Waals surface area contributed by atoms with Crippen molar-refractivity contribution in [2.45, 2.75) is 20.3 Å². The molecule has 0 bridgehead atoms. The predicted octanol–water partition coefficient (Wildman–Crippen LogP) is 3.62. The molecule has 2 fully saturated rings. The molecule has 1 aromatic heterocycles. The fourth-order valence-corrected chi connectivity index (χ4v) is 5.26. The van der Waals surface area contributed by atoms with E-state index in [9.17, 15) is 9.59 Å². The molecule has 4 rings (SSSR count). The van der Waals surface area contributed by atoms with Gasteiger partial charge in [0.2, 0.25) is 0 Å². The zero-order valence-corrected chi connectivity index (χ0v) is 19.7. The van der Waals surface area contributed by atoms with Crippen molar-refractivity contribution in [2.75, 3.05) is 37.7 Å². The maximum atomic E-state index is 13.4. The van der Waals surface area contributed by atoms with Gasteiger partial charge in [0.1, 0.15) is 4.32 Å². The first-order chi connectivity index (χ1) is 14.9. The van der Waals surface area contributed by atoms with Gasteiger partial charge in [0.25, 0.3) is 11.5 Å². The maximum absolute atomic E-state index is 13.4. The van der Waals surface area contributed by atoms with Crippen LogP contribution in [0.2, 0.25) is 0 Å². The van der Waals surface area contributed by atoms with Crippen molar-refractivity contribution in [2.24, 2.45) is 13.0 Å². The van der Waals surface area contributed by atoms with Crippen LogP contribution in [0.5, 0.6) is 0 Å². The van der Waals surface area contributed by atoms with Crippen LogP contribution in [0.15, 0.2) is 34.0 Å². The summed E-state index contributed by atoms with van der Waals surface area (Å²) in [5, 5.41) is 0.994. The molecule has 0 spiro atoms. The smallest absolute Gasteiger partial charge is 0.266 e. The van der Waals surface area contributed by atoms with Crippen LogP contribution in [0.3, 0.4) is 0 Å². The summed E-state index contributed by atoms with van der Waals surface area (Å²) < 4.78 is 7.74. The first-order valence-electron chi connectivity index (χ1n) is 10.6. The van der Waals surface area contributed by atoms with Crippen LogP contribution in [-0.4, -0.2) is 52.5 Å². The van der Waals surface area contributed by atoms with Gasteiger partial charge in [-0.2, -0.15) is 0 Å². The third-order valence-electron chi connectivity index (χ3n) is 5.72. The van der Waals surface area contributed by atoms with Crippen molar-refractivity contribution in [1.82, 2.24) is 9.47 Å². The third kappa shape index (κ3) is 4.29. The van der Waals surface area contributed by atoms with Crippen molar-refractivity contribution in [1.29, 1.82) is 0 Å². The molecule has 1 amide bonds. The number of morpholine rings is 1. The number of thiocarbonyl (C=S) groups is 1. The number of fused-ring (bicyclic) bond motifs is 1. The predicted molar refractivity (Wildman–Crippen MR) is 132 cm³/mol. The molecule has 3 heterocycles. The van der Waals surface area contributed by atoms with Crippen LogP contribution >= 0.6 is 24.0 Å². The standard InChI is InChI=1S/C23H27N3O3S2/c1-15(2)8-9-26-22(28)19(31-23(26)30)14-17-20(25-10-12-29-13-11-25)16-6-4-5-7-18(16)24(3)21(17)27/h4-7,14-15H,8-13H2,1-3H3. The van der Waals surface area contributed by atoms with Gasteiger partial charge in [0.15, 0.2) is 0 Å². The summed E-state index contributed by atoms with van der Waals surface area (Å²) in [6.07, 6.45) is 2.63. The van der Waals surface area contributed by atoms with E-state index in [1.54, 1.807) is 22.6 Å². The second-order valence-corrected chi connectivity index (χ2v) is 9.93. The number of hydrogen-bond acceptors (Lipinski definition) is 6. The van der Waals surface area contributed by atoms with E-state index < -0.39 is 0 Å². The van der Waals surface area contributed by atoms with E-state index in [-0.39, 0.29) is 11.5 Å². The van der Waals surface area contributed by atoms with Crippen LogP contribution in [0.4, 0.5) is 5.69 Å². The summed E-state index contributed by atoms with van der Waals surface area (Å²) >= 11 is 6.75. The van der Waals surface area contributed by atoms with E-state index in [2.05, 4.69) is 18.7 Å². The number of anilines is 1. The molecule has 2 aliphatic heterocycles. The number of aryl methyl sites for hydroxylation is 1. The maximum Gasteiger partial charge on any atom is 0.266 e. The van der Waals surface area contributed by atoms with E-state index in [0.29, 0.717) is 53.6 Å². The van der Waals surface area contributed by atoms with Crippen molar-refractivity contribution in [3.63, 3.8) is 0 Å². The number of benzene rings is 1. The van der Waals surface area contributed by atoms with Gasteiger partial charge >= 0.3 is 0 Å². The molecule has 0 saturated carbocycles. The van der Waals surface area contributed by atoms with Crippen LogP contribution in [0.25, 0.3) is 17.0 Å². The highest BCUT2D eigenvalue weighted by atomic mass is 32.2. The molecule has 0 radical (unpaired) electrons. The Morgan fingerprint density at radius 2 is 1.90 bits per heavy atom. The fraction of sp³-hybridized carbons (Fsp3) is 0.435. The Morgan fingerprint density at radius 3 is 2.61 bits per heavy atom. The summed E-state index contributed by atoms with van der Waals surface area (Å²) in [7, 11) is 1.78. The fourth-order valence-electron chi connectivity index (χ4n) is 3.97. The molecule has 0 unspecified atom stereocenters. The van der Waals surface area contributed by atoms with Crippen LogP contribution in [-0.2, 0) is 16.6 Å². The average Bonchev–Trinajstić information content (AvgIpc) is 3.03. The first-order valence-corrected chi connectivity index (χ1v) is 11.8. The number of carbonyl (C=O) groups excluding carboxylic acids is 1. The molecular weight excluding hydrogens is 430 g/mol. The van der Waals surface area contributed by atoms with Crippen LogP contribution in [0.1, 0.15) is 25.8 Å². The number of rotatable bonds is 5. The van der Waals surface area contributed by atoms with Crippen LogP contribution in [0, 0.1) is 5.92 Å². The lowest BCUT2D eigenvalue weighted by Crippen LogP contribution is -2.38. The number of thioether (sulfide) groups is 1. The number of pyridine rings is 1. The highest BCUT2D eigenvalue weighted by Crippen LogP contribution is 2.36. The minimum atomic E-state index is -0.118. The number of para-hydroxylation sites is 1. The summed E-state index contributed by atoms with van der Waals surface area (Å²) in [5.74, 6) is 0.369. The van der Waals surface area contributed by atoms with Gasteiger partial charge in [-0.15, -0.1) is 0 Å². The number of ether oxygens (including phenoxy) is 1. The summed E-state index contributed by atoms with van der Waals surface area (Å²) in [5.41, 5.74) is 2.16. The average molecular weight is 458 g/mol. The van der Waals surface area contributed by atoms with Crippen molar-refractivity contribution >= 4 is 56.9 Å². The Balaban J connectivity index is 1.84. The molecule has 0 N–H and O–H groups in total. The number of amides is 1. The van der Waals surface area contributed by atoms with Gasteiger partial charge in [-0.05, 0) is 24.5 Å². The first kappa shape index (κ1) is 22.0. The normalized spacial score (nSPS) is 18.8. The molecule has 6 nitrogen and oxygen atoms in total. The number of hydrogen-bond donors (Lipinski definition) is 0. The minimum Gasteiger partial charge on any atom is -0.378 e. The number of nitrogens with zero attached hydrogens (tertiary/aromatic N) is 3. The highest BCUT2D eigenvalue weighted by Gasteiger charge is 2.33. The summed E-state index contributed by atoms with van der Waals surface area (Å²) in [4.78, 5) is 30.9. The monoisotopic (exact) mass is 457 g/mol. The molecule has 2 aliphatic rings. The molecule has 164 valence electrons. The van der Waals surface area contributed by atoms with E-state index >= 15 is 0 Å². The molecule has 31 heavy (non-hydrogen) atoms. The molecule has 2 aromatic rings. The van der Waals surface area contributed by atoms with Gasteiger partial charge in [-0.1, -0.05) is 56.0 Å². The molecule has 1 aromatic carbocycles. The molecule has 0 atom stereocenters. The lowest BCUT2D eigenvalue weighted by molar-refractivity contribution is -0.122. The Bertz CT molecular complexity index is 1120. The molecular formula is C23H27N3O3S2. The van der Waals surface area contributed by atoms with Gasteiger partial charge in [-0.25, -0.2) is 0 Å². The zero-order chi connectivity index (χ0) is 22.1. The van der Waals surface area contributed by atoms with E-state index in [1.807, 2.05) is 24.3 Å². The van der Waals surface area contributed by atoms with Gasteiger partial charge in [-0.3, -0.25) is 14.5 Å². The summed E-state index contributed by atoms with van der Waals surface area (Å²) in [6, 6.07) is 7.90. The van der Waals surface area contributed by atoms with E-state index in [1.165, 1.54) is 11.8 Å². The quantitative estimate of drug-likeness (QED) is 0.505. The second-order valence-electron chi connectivity index (χ2n) is 8.26. The molecule has 2 saturated heterocycles. The Hall–Kier alpha value is -2.16. The third-order valence-corrected chi connectivity index (χ3v) is 7.09. The lowest BCUT2D eigenvalue weighted by atomic mass is 10.1. The lowest BCUT2D eigenvalue weighted by Gasteiger charge is -2.31. The highest BCUT2D eigenvalue weighted by molar-refractivity contribution is 8.26. The number of carbonyl (C=O) groups is 1.